The molecule has 1 N–H and O–H groups in total. The smallest absolute Gasteiger partial charge is 0.164 e. The molecule has 0 amide bonds. The maximum Gasteiger partial charge on any atom is 0.164 e. The summed E-state index contributed by atoms with van der Waals surface area (Å²) in [6.45, 7) is 6.92. The monoisotopic (exact) mass is 333 g/mol. The van der Waals surface area contributed by atoms with Crippen LogP contribution in [0.2, 0.25) is 0 Å². The summed E-state index contributed by atoms with van der Waals surface area (Å²) in [5.41, 5.74) is 4.47. The van der Waals surface area contributed by atoms with Crippen molar-refractivity contribution in [3.63, 3.8) is 0 Å². The van der Waals surface area contributed by atoms with Crippen molar-refractivity contribution in [2.24, 2.45) is 7.05 Å². The predicted octanol–water partition coefficient (Wildman–Crippen LogP) is 2.91. The molecule has 1 heterocycles. The lowest BCUT2D eigenvalue weighted by atomic mass is 10.1. The Morgan fingerprint density at radius 2 is 1.62 bits per heavy atom. The molecule has 2 rings (SSSR count). The van der Waals surface area contributed by atoms with Crippen LogP contribution in [-0.2, 0) is 13.6 Å². The van der Waals surface area contributed by atoms with Gasteiger partial charge in [-0.1, -0.05) is 0 Å². The average molecular weight is 333 g/mol. The van der Waals surface area contributed by atoms with Crippen molar-refractivity contribution >= 4 is 0 Å². The van der Waals surface area contributed by atoms with Crippen LogP contribution in [0.15, 0.2) is 12.1 Å². The number of hydrogen-bond donors (Lipinski definition) is 1. The maximum atomic E-state index is 5.48. The first-order valence-corrected chi connectivity index (χ1v) is 7.95. The fraction of sp³-hybridized carbons (Fsp3) is 0.500. The number of nitrogens with one attached hydrogen (secondary N) is 1. The molecule has 0 spiro atoms. The Kier molecular flexibility index (Phi) is 5.72. The summed E-state index contributed by atoms with van der Waals surface area (Å²) in [4.78, 5) is 0. The molecule has 0 saturated heterocycles. The van der Waals surface area contributed by atoms with Crippen molar-refractivity contribution in [3.05, 3.63) is 34.6 Å². The van der Waals surface area contributed by atoms with E-state index in [1.54, 1.807) is 21.3 Å². The van der Waals surface area contributed by atoms with Gasteiger partial charge in [0.25, 0.3) is 0 Å². The first-order valence-electron chi connectivity index (χ1n) is 7.95. The summed E-state index contributed by atoms with van der Waals surface area (Å²) >= 11 is 0. The molecule has 0 fully saturated rings. The van der Waals surface area contributed by atoms with Gasteiger partial charge in [-0.25, -0.2) is 0 Å². The largest absolute Gasteiger partial charge is 0.496 e. The molecule has 0 unspecified atom stereocenters. The molecule has 132 valence electrons. The first-order chi connectivity index (χ1) is 11.4. The van der Waals surface area contributed by atoms with Gasteiger partial charge in [0.05, 0.1) is 27.0 Å². The van der Waals surface area contributed by atoms with Gasteiger partial charge in [-0.05, 0) is 26.8 Å². The zero-order chi connectivity index (χ0) is 17.9. The third-order valence-electron chi connectivity index (χ3n) is 4.38. The highest BCUT2D eigenvalue weighted by Gasteiger charge is 2.17. The molecule has 6 nitrogen and oxygen atoms in total. The minimum Gasteiger partial charge on any atom is -0.496 e. The summed E-state index contributed by atoms with van der Waals surface area (Å²) in [6.07, 6.45) is 0. The Balaban J connectivity index is 2.22. The van der Waals surface area contributed by atoms with Crippen LogP contribution in [0.1, 0.15) is 35.5 Å². The molecule has 24 heavy (non-hydrogen) atoms. The molecule has 1 atom stereocenters. The number of methoxy groups -OCH3 is 3. The van der Waals surface area contributed by atoms with Crippen LogP contribution >= 0.6 is 0 Å². The Morgan fingerprint density at radius 3 is 2.12 bits per heavy atom. The SMILES string of the molecule is COc1cc(OC)c(OC)cc1CN[C@H](C)c1c(C)nn(C)c1C. The molecular weight excluding hydrogens is 306 g/mol. The second-order valence-corrected chi connectivity index (χ2v) is 5.83. The predicted molar refractivity (Wildman–Crippen MR) is 94.0 cm³/mol. The van der Waals surface area contributed by atoms with Crippen LogP contribution < -0.4 is 19.5 Å². The van der Waals surface area contributed by atoms with Gasteiger partial charge in [-0.3, -0.25) is 4.68 Å². The van der Waals surface area contributed by atoms with E-state index in [0.717, 1.165) is 17.0 Å². The Hall–Kier alpha value is -2.21. The van der Waals surface area contributed by atoms with Gasteiger partial charge in [-0.15, -0.1) is 0 Å². The van der Waals surface area contributed by atoms with E-state index in [2.05, 4.69) is 24.3 Å². The Morgan fingerprint density at radius 1 is 1.04 bits per heavy atom. The van der Waals surface area contributed by atoms with Crippen LogP contribution in [0, 0.1) is 13.8 Å². The standard InChI is InChI=1S/C18H27N3O3/c1-11(18-12(2)20-21(4)13(18)3)19-10-14-8-16(23-6)17(24-7)9-15(14)22-5/h8-9,11,19H,10H2,1-7H3/t11-/m1/s1. The highest BCUT2D eigenvalue weighted by Crippen LogP contribution is 2.35. The summed E-state index contributed by atoms with van der Waals surface area (Å²) in [5, 5.41) is 8.03. The lowest BCUT2D eigenvalue weighted by molar-refractivity contribution is 0.346. The third kappa shape index (κ3) is 3.48. The van der Waals surface area contributed by atoms with Crippen LogP contribution in [0.5, 0.6) is 17.2 Å². The van der Waals surface area contributed by atoms with Crippen LogP contribution in [0.4, 0.5) is 0 Å². The van der Waals surface area contributed by atoms with Crippen molar-refractivity contribution in [2.45, 2.75) is 33.4 Å². The van der Waals surface area contributed by atoms with Crippen molar-refractivity contribution in [1.29, 1.82) is 0 Å². The minimum absolute atomic E-state index is 0.177. The van der Waals surface area contributed by atoms with E-state index in [4.69, 9.17) is 14.2 Å². The van der Waals surface area contributed by atoms with E-state index in [1.807, 2.05) is 30.8 Å². The molecule has 0 saturated carbocycles. The molecule has 0 aliphatic carbocycles. The maximum absolute atomic E-state index is 5.48. The molecule has 0 radical (unpaired) electrons. The van der Waals surface area contributed by atoms with E-state index in [9.17, 15) is 0 Å². The normalized spacial score (nSPS) is 12.1. The van der Waals surface area contributed by atoms with Gasteiger partial charge >= 0.3 is 0 Å². The van der Waals surface area contributed by atoms with E-state index >= 15 is 0 Å². The van der Waals surface area contributed by atoms with Gasteiger partial charge in [0, 0.05) is 42.5 Å². The molecule has 6 heteroatoms. The second-order valence-electron chi connectivity index (χ2n) is 5.83. The Labute approximate surface area is 143 Å². The van der Waals surface area contributed by atoms with E-state index in [1.165, 1.54) is 11.3 Å². The first kappa shape index (κ1) is 18.1. The lowest BCUT2D eigenvalue weighted by Crippen LogP contribution is -2.20. The molecule has 0 aliphatic heterocycles. The van der Waals surface area contributed by atoms with Crippen molar-refractivity contribution < 1.29 is 14.2 Å². The molecule has 1 aromatic carbocycles. The van der Waals surface area contributed by atoms with Crippen molar-refractivity contribution in [3.8, 4) is 17.2 Å². The van der Waals surface area contributed by atoms with Crippen LogP contribution in [0.25, 0.3) is 0 Å². The van der Waals surface area contributed by atoms with E-state index in [-0.39, 0.29) is 6.04 Å². The Bertz CT molecular complexity index is 710. The number of benzene rings is 1. The topological polar surface area (TPSA) is 57.5 Å². The number of aromatic nitrogens is 2. The van der Waals surface area contributed by atoms with Gasteiger partial charge in [0.1, 0.15) is 5.75 Å². The van der Waals surface area contributed by atoms with Gasteiger partial charge in [0.2, 0.25) is 0 Å². The summed E-state index contributed by atoms with van der Waals surface area (Å²) < 4.78 is 18.1. The number of rotatable bonds is 7. The molecule has 2 aromatic rings. The number of aryl methyl sites for hydroxylation is 2. The second kappa shape index (κ2) is 7.57. The summed E-state index contributed by atoms with van der Waals surface area (Å²) in [7, 11) is 6.87. The summed E-state index contributed by atoms with van der Waals surface area (Å²) in [6, 6.07) is 3.97. The van der Waals surface area contributed by atoms with Gasteiger partial charge in [0.15, 0.2) is 11.5 Å². The van der Waals surface area contributed by atoms with E-state index in [0.29, 0.717) is 18.0 Å². The highest BCUT2D eigenvalue weighted by molar-refractivity contribution is 5.50. The molecule has 0 bridgehead atoms. The van der Waals surface area contributed by atoms with Gasteiger partial charge < -0.3 is 19.5 Å². The fourth-order valence-electron chi connectivity index (χ4n) is 3.01. The average Bonchev–Trinajstić information content (AvgIpc) is 2.84. The molecular formula is C18H27N3O3. The summed E-state index contributed by atoms with van der Waals surface area (Å²) in [5.74, 6) is 2.12. The zero-order valence-corrected chi connectivity index (χ0v) is 15.6. The fourth-order valence-corrected chi connectivity index (χ4v) is 3.01. The lowest BCUT2D eigenvalue weighted by Gasteiger charge is -2.18. The van der Waals surface area contributed by atoms with Crippen LogP contribution in [-0.4, -0.2) is 31.1 Å². The van der Waals surface area contributed by atoms with Crippen molar-refractivity contribution in [1.82, 2.24) is 15.1 Å². The number of nitrogens with zero attached hydrogens (tertiary/aromatic N) is 2. The number of ether oxygens (including phenoxy) is 3. The number of hydrogen-bond acceptors (Lipinski definition) is 5. The highest BCUT2D eigenvalue weighted by atomic mass is 16.5. The van der Waals surface area contributed by atoms with Crippen molar-refractivity contribution in [2.75, 3.05) is 21.3 Å². The third-order valence-corrected chi connectivity index (χ3v) is 4.38. The molecule has 1 aromatic heterocycles. The van der Waals surface area contributed by atoms with E-state index < -0.39 is 0 Å². The zero-order valence-electron chi connectivity index (χ0n) is 15.6. The minimum atomic E-state index is 0.177. The van der Waals surface area contributed by atoms with Gasteiger partial charge in [-0.2, -0.15) is 5.10 Å². The van der Waals surface area contributed by atoms with Crippen LogP contribution in [0.3, 0.4) is 0 Å². The quantitative estimate of drug-likeness (QED) is 0.844. The molecule has 0 aliphatic rings.